The van der Waals surface area contributed by atoms with Gasteiger partial charge in [-0.05, 0) is 80.6 Å². The number of piperazine rings is 1. The summed E-state index contributed by atoms with van der Waals surface area (Å²) in [4.78, 5) is 2.59. The quantitative estimate of drug-likeness (QED) is 0.704. The highest BCUT2D eigenvalue weighted by molar-refractivity contribution is 7.89. The van der Waals surface area contributed by atoms with Gasteiger partial charge in [0, 0.05) is 37.8 Å². The fraction of sp³-hybridized carbons (Fsp3) is 0.462. The van der Waals surface area contributed by atoms with Gasteiger partial charge < -0.3 is 10.2 Å². The highest BCUT2D eigenvalue weighted by Crippen LogP contribution is 2.51. The third-order valence-electron chi connectivity index (χ3n) is 7.48. The molecular weight excluding hydrogens is 418 g/mol. The summed E-state index contributed by atoms with van der Waals surface area (Å²) in [6, 6.07) is 10.4. The average molecular weight is 452 g/mol. The fourth-order valence-corrected chi connectivity index (χ4v) is 7.34. The van der Waals surface area contributed by atoms with Crippen LogP contribution in [0.25, 0.3) is 0 Å². The van der Waals surface area contributed by atoms with Gasteiger partial charge in [-0.3, -0.25) is 0 Å². The van der Waals surface area contributed by atoms with Crippen molar-refractivity contribution in [3.8, 4) is 0 Å². The molecule has 2 aromatic carbocycles. The second kappa shape index (κ2) is 8.01. The minimum Gasteiger partial charge on any atom is -0.378 e. The van der Waals surface area contributed by atoms with Crippen molar-refractivity contribution in [2.75, 3.05) is 38.5 Å². The number of benzene rings is 2. The van der Waals surface area contributed by atoms with Gasteiger partial charge in [0.15, 0.2) is 0 Å². The van der Waals surface area contributed by atoms with Crippen LogP contribution in [0.2, 0.25) is 0 Å². The van der Waals surface area contributed by atoms with Crippen molar-refractivity contribution in [3.05, 3.63) is 70.3 Å². The lowest BCUT2D eigenvalue weighted by Crippen LogP contribution is -2.47. The van der Waals surface area contributed by atoms with Gasteiger partial charge >= 0.3 is 0 Å². The van der Waals surface area contributed by atoms with Gasteiger partial charge in [0.05, 0.1) is 10.9 Å². The van der Waals surface area contributed by atoms with Gasteiger partial charge in [0.2, 0.25) is 10.0 Å². The molecule has 1 saturated heterocycles. The highest BCUT2D eigenvalue weighted by atomic mass is 32.2. The molecule has 0 saturated carbocycles. The molecule has 1 aliphatic carbocycles. The molecular formula is C26H33N3O2S. The Morgan fingerprint density at radius 3 is 2.34 bits per heavy atom. The van der Waals surface area contributed by atoms with Crippen LogP contribution in [-0.2, 0) is 10.0 Å². The van der Waals surface area contributed by atoms with E-state index in [1.54, 1.807) is 10.4 Å². The summed E-state index contributed by atoms with van der Waals surface area (Å²) in [6.07, 6.45) is 5.55. The molecule has 2 aliphatic heterocycles. The standard InChI is InChI=1S/C26H33N3O2S/c1-17-14-18(2)25(19(3)15-17)26-22-7-5-6-21(22)23-16-20(8-9-24(23)27-26)32(30,31)29-12-10-28(4)11-13-29/h5-6,8-9,14-16,21-22,26-27H,7,10-13H2,1-4H3. The summed E-state index contributed by atoms with van der Waals surface area (Å²) in [7, 11) is -1.44. The van der Waals surface area contributed by atoms with Gasteiger partial charge in [-0.25, -0.2) is 8.42 Å². The lowest BCUT2D eigenvalue weighted by atomic mass is 9.75. The highest BCUT2D eigenvalue weighted by Gasteiger charge is 2.40. The number of hydrogen-bond acceptors (Lipinski definition) is 4. The van der Waals surface area contributed by atoms with Gasteiger partial charge in [0.25, 0.3) is 0 Å². The number of rotatable bonds is 3. The van der Waals surface area contributed by atoms with Crippen LogP contribution < -0.4 is 5.32 Å². The molecule has 32 heavy (non-hydrogen) atoms. The van der Waals surface area contributed by atoms with E-state index in [4.69, 9.17) is 0 Å². The van der Waals surface area contributed by atoms with Crippen molar-refractivity contribution in [3.63, 3.8) is 0 Å². The molecule has 0 aromatic heterocycles. The monoisotopic (exact) mass is 451 g/mol. The SMILES string of the molecule is Cc1cc(C)c(C2Nc3ccc(S(=O)(=O)N4CCN(C)CC4)cc3C3C=CCC32)c(C)c1. The Hall–Kier alpha value is -2.15. The number of sulfonamides is 1. The van der Waals surface area contributed by atoms with E-state index in [0.29, 0.717) is 23.9 Å². The van der Waals surface area contributed by atoms with Crippen LogP contribution in [-0.4, -0.2) is 50.8 Å². The van der Waals surface area contributed by atoms with E-state index in [1.807, 2.05) is 19.2 Å². The van der Waals surface area contributed by atoms with Crippen molar-refractivity contribution in [1.82, 2.24) is 9.21 Å². The van der Waals surface area contributed by atoms with Crippen molar-refractivity contribution in [2.24, 2.45) is 5.92 Å². The minimum absolute atomic E-state index is 0.225. The molecule has 3 aliphatic rings. The Kier molecular flexibility index (Phi) is 5.43. The van der Waals surface area contributed by atoms with Crippen LogP contribution in [0.1, 0.15) is 46.2 Å². The van der Waals surface area contributed by atoms with Crippen molar-refractivity contribution in [1.29, 1.82) is 0 Å². The van der Waals surface area contributed by atoms with E-state index in [2.05, 4.69) is 55.3 Å². The first-order chi connectivity index (χ1) is 15.3. The van der Waals surface area contributed by atoms with Crippen LogP contribution in [0.5, 0.6) is 0 Å². The maximum atomic E-state index is 13.3. The number of hydrogen-bond donors (Lipinski definition) is 1. The second-order valence-corrected chi connectivity index (χ2v) is 11.7. The molecule has 6 heteroatoms. The van der Waals surface area contributed by atoms with Crippen molar-refractivity contribution < 1.29 is 8.42 Å². The summed E-state index contributed by atoms with van der Waals surface area (Å²) in [5.74, 6) is 0.628. The number of anilines is 1. The molecule has 0 bridgehead atoms. The first-order valence-electron chi connectivity index (χ1n) is 11.6. The number of nitrogens with zero attached hydrogens (tertiary/aromatic N) is 2. The Morgan fingerprint density at radius 2 is 1.66 bits per heavy atom. The van der Waals surface area contributed by atoms with E-state index < -0.39 is 10.0 Å². The lowest BCUT2D eigenvalue weighted by molar-refractivity contribution is 0.222. The second-order valence-electron chi connectivity index (χ2n) is 9.74. The molecule has 0 amide bonds. The van der Waals surface area contributed by atoms with E-state index in [1.165, 1.54) is 22.3 Å². The number of allylic oxidation sites excluding steroid dienone is 2. The average Bonchev–Trinajstić information content (AvgIpc) is 3.23. The van der Waals surface area contributed by atoms with Crippen molar-refractivity contribution >= 4 is 15.7 Å². The molecule has 5 nitrogen and oxygen atoms in total. The Labute approximate surface area is 192 Å². The summed E-state index contributed by atoms with van der Waals surface area (Å²) >= 11 is 0. The largest absolute Gasteiger partial charge is 0.378 e. The Morgan fingerprint density at radius 1 is 0.969 bits per heavy atom. The van der Waals surface area contributed by atoms with E-state index in [-0.39, 0.29) is 12.0 Å². The Bertz CT molecular complexity index is 1160. The first kappa shape index (κ1) is 21.7. The van der Waals surface area contributed by atoms with Crippen LogP contribution >= 0.6 is 0 Å². The molecule has 0 spiro atoms. The summed E-state index contributed by atoms with van der Waals surface area (Å²) < 4.78 is 28.3. The zero-order valence-corrected chi connectivity index (χ0v) is 20.2. The molecule has 3 atom stereocenters. The third kappa shape index (κ3) is 3.58. The van der Waals surface area contributed by atoms with Crippen LogP contribution in [0.15, 0.2) is 47.4 Å². The Balaban J connectivity index is 1.52. The van der Waals surface area contributed by atoms with Gasteiger partial charge in [-0.2, -0.15) is 4.31 Å². The van der Waals surface area contributed by atoms with Gasteiger partial charge in [-0.1, -0.05) is 29.8 Å². The minimum atomic E-state index is -3.48. The number of fused-ring (bicyclic) bond motifs is 3. The molecule has 170 valence electrons. The van der Waals surface area contributed by atoms with Crippen LogP contribution in [0.4, 0.5) is 5.69 Å². The number of nitrogens with one attached hydrogen (secondary N) is 1. The zero-order valence-electron chi connectivity index (χ0n) is 19.4. The lowest BCUT2D eigenvalue weighted by Gasteiger charge is -2.39. The zero-order chi connectivity index (χ0) is 22.6. The molecule has 2 aromatic rings. The van der Waals surface area contributed by atoms with Crippen molar-refractivity contribution in [2.45, 2.75) is 44.0 Å². The maximum absolute atomic E-state index is 13.3. The van der Waals surface area contributed by atoms with Gasteiger partial charge in [0.1, 0.15) is 0 Å². The van der Waals surface area contributed by atoms with E-state index >= 15 is 0 Å². The van der Waals surface area contributed by atoms with E-state index in [0.717, 1.165) is 30.8 Å². The molecule has 5 rings (SSSR count). The molecule has 1 fully saturated rings. The van der Waals surface area contributed by atoms with Gasteiger partial charge in [-0.15, -0.1) is 0 Å². The molecule has 0 radical (unpaired) electrons. The topological polar surface area (TPSA) is 52.7 Å². The predicted molar refractivity (Wildman–Crippen MR) is 130 cm³/mol. The number of aryl methyl sites for hydroxylation is 3. The summed E-state index contributed by atoms with van der Waals surface area (Å²) in [5.41, 5.74) is 7.48. The smallest absolute Gasteiger partial charge is 0.243 e. The summed E-state index contributed by atoms with van der Waals surface area (Å²) in [5, 5.41) is 3.79. The normalized spacial score (nSPS) is 25.9. The maximum Gasteiger partial charge on any atom is 0.243 e. The van der Waals surface area contributed by atoms with Crippen LogP contribution in [0, 0.1) is 26.7 Å². The number of likely N-dealkylation sites (N-methyl/N-ethyl adjacent to an activating group) is 1. The third-order valence-corrected chi connectivity index (χ3v) is 9.38. The van der Waals surface area contributed by atoms with E-state index in [9.17, 15) is 8.42 Å². The first-order valence-corrected chi connectivity index (χ1v) is 13.0. The predicted octanol–water partition coefficient (Wildman–Crippen LogP) is 4.37. The molecule has 3 unspecified atom stereocenters. The molecule has 1 N–H and O–H groups in total. The summed E-state index contributed by atoms with van der Waals surface area (Å²) in [6.45, 7) is 9.20. The molecule has 2 heterocycles. The van der Waals surface area contributed by atoms with Crippen LogP contribution in [0.3, 0.4) is 0 Å². The fourth-order valence-electron chi connectivity index (χ4n) is 5.88.